The molecule has 2 aliphatic rings. The SMILES string of the molecule is CC1(NC(=O)C2CCc3nncn3C2)Cc2ccccc2C1. The van der Waals surface area contributed by atoms with Crippen LogP contribution in [0.2, 0.25) is 0 Å². The summed E-state index contributed by atoms with van der Waals surface area (Å²) >= 11 is 0. The molecule has 1 aliphatic carbocycles. The summed E-state index contributed by atoms with van der Waals surface area (Å²) in [6, 6.07) is 8.47. The molecule has 1 amide bonds. The standard InChI is InChI=1S/C17H20N4O/c1-17(8-12-4-2-3-5-13(12)9-17)19-16(22)14-6-7-15-20-18-11-21(15)10-14/h2-5,11,14H,6-10H2,1H3,(H,19,22). The zero-order valence-corrected chi connectivity index (χ0v) is 12.7. The lowest BCUT2D eigenvalue weighted by molar-refractivity contribution is -0.127. The van der Waals surface area contributed by atoms with Crippen LogP contribution in [0.4, 0.5) is 0 Å². The molecule has 1 N–H and O–H groups in total. The average Bonchev–Trinajstić information content (AvgIpc) is 3.08. The lowest BCUT2D eigenvalue weighted by Crippen LogP contribution is -2.50. The van der Waals surface area contributed by atoms with Gasteiger partial charge in [-0.1, -0.05) is 24.3 Å². The smallest absolute Gasteiger partial charge is 0.225 e. The van der Waals surface area contributed by atoms with Gasteiger partial charge in [0.25, 0.3) is 0 Å². The Labute approximate surface area is 129 Å². The van der Waals surface area contributed by atoms with Crippen LogP contribution in [0, 0.1) is 5.92 Å². The highest BCUT2D eigenvalue weighted by Gasteiger charge is 2.36. The number of aryl methyl sites for hydroxylation is 1. The maximum Gasteiger partial charge on any atom is 0.225 e. The average molecular weight is 296 g/mol. The van der Waals surface area contributed by atoms with E-state index in [9.17, 15) is 4.79 Å². The Kier molecular flexibility index (Phi) is 3.03. The molecule has 1 aliphatic heterocycles. The van der Waals surface area contributed by atoms with E-state index in [1.807, 2.05) is 4.57 Å². The number of hydrogen-bond acceptors (Lipinski definition) is 3. The predicted molar refractivity (Wildman–Crippen MR) is 82.2 cm³/mol. The topological polar surface area (TPSA) is 59.8 Å². The maximum absolute atomic E-state index is 12.7. The first-order chi connectivity index (χ1) is 10.6. The van der Waals surface area contributed by atoms with E-state index in [4.69, 9.17) is 0 Å². The van der Waals surface area contributed by atoms with Crippen LogP contribution in [0.1, 0.15) is 30.3 Å². The largest absolute Gasteiger partial charge is 0.350 e. The Morgan fingerprint density at radius 3 is 2.77 bits per heavy atom. The number of rotatable bonds is 2. The molecular formula is C17H20N4O. The number of amides is 1. The van der Waals surface area contributed by atoms with Crippen LogP contribution in [0.25, 0.3) is 0 Å². The lowest BCUT2D eigenvalue weighted by Gasteiger charge is -2.30. The van der Waals surface area contributed by atoms with Crippen molar-refractivity contribution < 1.29 is 4.79 Å². The molecule has 2 aromatic rings. The van der Waals surface area contributed by atoms with E-state index in [2.05, 4.69) is 46.7 Å². The summed E-state index contributed by atoms with van der Waals surface area (Å²) in [6.45, 7) is 2.84. The lowest BCUT2D eigenvalue weighted by atomic mass is 9.94. The molecule has 0 fully saturated rings. The minimum Gasteiger partial charge on any atom is -0.350 e. The monoisotopic (exact) mass is 296 g/mol. The van der Waals surface area contributed by atoms with Crippen LogP contribution in [-0.4, -0.2) is 26.2 Å². The van der Waals surface area contributed by atoms with Crippen LogP contribution in [0.3, 0.4) is 0 Å². The van der Waals surface area contributed by atoms with Gasteiger partial charge in [0.2, 0.25) is 5.91 Å². The van der Waals surface area contributed by atoms with Crippen LogP contribution in [0.5, 0.6) is 0 Å². The van der Waals surface area contributed by atoms with Crippen LogP contribution < -0.4 is 5.32 Å². The van der Waals surface area contributed by atoms with Gasteiger partial charge in [0.15, 0.2) is 0 Å². The van der Waals surface area contributed by atoms with E-state index in [-0.39, 0.29) is 17.4 Å². The molecule has 2 heterocycles. The van der Waals surface area contributed by atoms with E-state index >= 15 is 0 Å². The summed E-state index contributed by atoms with van der Waals surface area (Å²) < 4.78 is 2.00. The third kappa shape index (κ3) is 2.30. The fourth-order valence-corrected chi connectivity index (χ4v) is 3.76. The third-order valence-electron chi connectivity index (χ3n) is 4.90. The molecule has 1 aromatic heterocycles. The van der Waals surface area contributed by atoms with Crippen molar-refractivity contribution in [2.45, 2.75) is 44.7 Å². The van der Waals surface area contributed by atoms with Gasteiger partial charge in [0.1, 0.15) is 12.2 Å². The van der Waals surface area contributed by atoms with Crippen molar-refractivity contribution in [3.8, 4) is 0 Å². The molecule has 5 heteroatoms. The first-order valence-corrected chi connectivity index (χ1v) is 7.88. The van der Waals surface area contributed by atoms with Gasteiger partial charge in [-0.15, -0.1) is 10.2 Å². The summed E-state index contributed by atoms with van der Waals surface area (Å²) in [7, 11) is 0. The zero-order chi connectivity index (χ0) is 15.2. The van der Waals surface area contributed by atoms with E-state index in [1.54, 1.807) is 6.33 Å². The summed E-state index contributed by atoms with van der Waals surface area (Å²) in [5.41, 5.74) is 2.55. The summed E-state index contributed by atoms with van der Waals surface area (Å²) in [5.74, 6) is 1.17. The minimum atomic E-state index is -0.158. The van der Waals surface area contributed by atoms with Crippen molar-refractivity contribution in [1.29, 1.82) is 0 Å². The Morgan fingerprint density at radius 1 is 1.32 bits per heavy atom. The molecule has 1 aromatic carbocycles. The first-order valence-electron chi connectivity index (χ1n) is 7.88. The number of fused-ring (bicyclic) bond motifs is 2. The highest BCUT2D eigenvalue weighted by molar-refractivity contribution is 5.79. The molecule has 0 bridgehead atoms. The van der Waals surface area contributed by atoms with Gasteiger partial charge in [-0.3, -0.25) is 4.79 Å². The second kappa shape index (κ2) is 4.93. The molecule has 4 rings (SSSR count). The molecule has 0 radical (unpaired) electrons. The second-order valence-electron chi connectivity index (χ2n) is 6.81. The number of aromatic nitrogens is 3. The van der Waals surface area contributed by atoms with Crippen molar-refractivity contribution in [2.24, 2.45) is 5.92 Å². The van der Waals surface area contributed by atoms with E-state index in [0.717, 1.165) is 31.5 Å². The van der Waals surface area contributed by atoms with E-state index < -0.39 is 0 Å². The number of benzene rings is 1. The summed E-state index contributed by atoms with van der Waals surface area (Å²) in [4.78, 5) is 12.7. The number of hydrogen-bond donors (Lipinski definition) is 1. The Bertz CT molecular complexity index is 696. The molecule has 1 atom stereocenters. The second-order valence-corrected chi connectivity index (χ2v) is 6.81. The normalized spacial score (nSPS) is 22.0. The van der Waals surface area contributed by atoms with Gasteiger partial charge in [0, 0.05) is 18.5 Å². The van der Waals surface area contributed by atoms with Crippen molar-refractivity contribution in [2.75, 3.05) is 0 Å². The van der Waals surface area contributed by atoms with Crippen molar-refractivity contribution in [3.63, 3.8) is 0 Å². The summed E-state index contributed by atoms with van der Waals surface area (Å²) in [5, 5.41) is 11.3. The van der Waals surface area contributed by atoms with Crippen molar-refractivity contribution in [3.05, 3.63) is 47.5 Å². The Morgan fingerprint density at radius 2 is 2.05 bits per heavy atom. The van der Waals surface area contributed by atoms with Gasteiger partial charge in [-0.2, -0.15) is 0 Å². The fraction of sp³-hybridized carbons (Fsp3) is 0.471. The van der Waals surface area contributed by atoms with Crippen LogP contribution in [0.15, 0.2) is 30.6 Å². The van der Waals surface area contributed by atoms with E-state index in [0.29, 0.717) is 6.54 Å². The molecule has 114 valence electrons. The fourth-order valence-electron chi connectivity index (χ4n) is 3.76. The minimum absolute atomic E-state index is 0.0176. The van der Waals surface area contributed by atoms with Gasteiger partial charge in [-0.25, -0.2) is 0 Å². The number of carbonyl (C=O) groups is 1. The molecule has 5 nitrogen and oxygen atoms in total. The molecular weight excluding hydrogens is 276 g/mol. The quantitative estimate of drug-likeness (QED) is 0.914. The number of carbonyl (C=O) groups excluding carboxylic acids is 1. The van der Waals surface area contributed by atoms with Crippen LogP contribution >= 0.6 is 0 Å². The Hall–Kier alpha value is -2.17. The Balaban J connectivity index is 1.45. The van der Waals surface area contributed by atoms with E-state index in [1.165, 1.54) is 11.1 Å². The molecule has 0 spiro atoms. The predicted octanol–water partition coefficient (Wildman–Crippen LogP) is 1.51. The highest BCUT2D eigenvalue weighted by Crippen LogP contribution is 2.30. The molecule has 1 unspecified atom stereocenters. The maximum atomic E-state index is 12.7. The molecule has 22 heavy (non-hydrogen) atoms. The van der Waals surface area contributed by atoms with Gasteiger partial charge in [-0.05, 0) is 37.3 Å². The highest BCUT2D eigenvalue weighted by atomic mass is 16.2. The van der Waals surface area contributed by atoms with Gasteiger partial charge < -0.3 is 9.88 Å². The van der Waals surface area contributed by atoms with Crippen LogP contribution in [-0.2, 0) is 30.6 Å². The van der Waals surface area contributed by atoms with Crippen molar-refractivity contribution in [1.82, 2.24) is 20.1 Å². The number of nitrogens with one attached hydrogen (secondary N) is 1. The number of nitrogens with zero attached hydrogens (tertiary/aromatic N) is 3. The summed E-state index contributed by atoms with van der Waals surface area (Å²) in [6.07, 6.45) is 5.24. The molecule has 0 saturated heterocycles. The van der Waals surface area contributed by atoms with Crippen molar-refractivity contribution >= 4 is 5.91 Å². The molecule has 0 saturated carbocycles. The first kappa shape index (κ1) is 13.5. The zero-order valence-electron chi connectivity index (χ0n) is 12.7. The third-order valence-corrected chi connectivity index (χ3v) is 4.90. The van der Waals surface area contributed by atoms with Gasteiger partial charge >= 0.3 is 0 Å². The van der Waals surface area contributed by atoms with Gasteiger partial charge in [0.05, 0.1) is 5.92 Å².